The quantitative estimate of drug-likeness (QED) is 0.132. The van der Waals surface area contributed by atoms with Crippen LogP contribution in [0.25, 0.3) is 66.0 Å². The molecule has 8 rings (SSSR count). The molecule has 0 bridgehead atoms. The van der Waals surface area contributed by atoms with Crippen LogP contribution in [0.5, 0.6) is 0 Å². The normalized spacial score (nSPS) is 11.1. The first-order chi connectivity index (χ1) is 22.5. The van der Waals surface area contributed by atoms with E-state index >= 15 is 0 Å². The first-order valence-corrected chi connectivity index (χ1v) is 15.7. The number of hydrogen-bond acceptors (Lipinski definition) is 2. The standard InChI is InChI=1S/C27H22N.C17H12N.Ir/c1-27(2,3)19-14-15-28-26(17-19)18-12-13-24-22-10-5-4-8-20(22)21-9-6-7-11-23(21)25(24)16-18;1-2-7-14(8-3-1)15-9-6-10-16(13-15)17-11-4-5-12-18-17;/h4-11,13-17H,1-3H3;1-9,11-13H;/q2*-1;. The van der Waals surface area contributed by atoms with E-state index in [0.29, 0.717) is 0 Å². The maximum atomic E-state index is 4.64. The molecule has 2 nitrogen and oxygen atoms in total. The van der Waals surface area contributed by atoms with Crippen molar-refractivity contribution in [1.29, 1.82) is 0 Å². The molecule has 0 saturated heterocycles. The van der Waals surface area contributed by atoms with E-state index in [1.54, 1.807) is 6.20 Å². The Morgan fingerprint density at radius 3 is 1.72 bits per heavy atom. The van der Waals surface area contributed by atoms with Crippen molar-refractivity contribution < 1.29 is 20.1 Å². The molecule has 47 heavy (non-hydrogen) atoms. The van der Waals surface area contributed by atoms with Gasteiger partial charge in [0.05, 0.1) is 0 Å². The van der Waals surface area contributed by atoms with Gasteiger partial charge >= 0.3 is 0 Å². The molecule has 2 aromatic heterocycles. The molecule has 6 aromatic carbocycles. The number of hydrogen-bond donors (Lipinski definition) is 0. The molecule has 0 aliphatic heterocycles. The van der Waals surface area contributed by atoms with E-state index in [9.17, 15) is 0 Å². The summed E-state index contributed by atoms with van der Waals surface area (Å²) in [5.74, 6) is 0. The first kappa shape index (κ1) is 32.0. The summed E-state index contributed by atoms with van der Waals surface area (Å²) in [6.07, 6.45) is 3.71. The number of fused-ring (bicyclic) bond motifs is 6. The number of benzene rings is 6. The van der Waals surface area contributed by atoms with Crippen LogP contribution in [-0.4, -0.2) is 9.97 Å². The molecule has 0 N–H and O–H groups in total. The van der Waals surface area contributed by atoms with E-state index in [4.69, 9.17) is 0 Å². The SMILES string of the molecule is CC(C)(C)c1ccnc(-c2[c-]cc3c4ccccc4c4ccccc4c3c2)c1.[Ir].[c-]1ccc(-c2ccccc2)cc1-c1ccccn1. The van der Waals surface area contributed by atoms with Gasteiger partial charge in [-0.15, -0.1) is 59.2 Å². The van der Waals surface area contributed by atoms with Crippen molar-refractivity contribution in [3.63, 3.8) is 0 Å². The van der Waals surface area contributed by atoms with Crippen molar-refractivity contribution in [2.45, 2.75) is 26.2 Å². The van der Waals surface area contributed by atoms with Crippen molar-refractivity contribution in [2.75, 3.05) is 0 Å². The number of rotatable bonds is 3. The van der Waals surface area contributed by atoms with Crippen molar-refractivity contribution in [2.24, 2.45) is 0 Å². The summed E-state index contributed by atoms with van der Waals surface area (Å²) >= 11 is 0. The van der Waals surface area contributed by atoms with Gasteiger partial charge in [0.25, 0.3) is 0 Å². The smallest absolute Gasteiger partial charge is 0.0163 e. The Morgan fingerprint density at radius 2 is 1.06 bits per heavy atom. The van der Waals surface area contributed by atoms with Crippen molar-refractivity contribution in [3.05, 3.63) is 170 Å². The molecule has 0 aliphatic rings. The van der Waals surface area contributed by atoms with Crippen LogP contribution in [0.4, 0.5) is 0 Å². The zero-order valence-electron chi connectivity index (χ0n) is 26.7. The second kappa shape index (κ2) is 13.8. The fourth-order valence-electron chi connectivity index (χ4n) is 5.98. The van der Waals surface area contributed by atoms with E-state index in [1.807, 2.05) is 48.7 Å². The van der Waals surface area contributed by atoms with Gasteiger partial charge in [-0.25, -0.2) is 0 Å². The van der Waals surface area contributed by atoms with Gasteiger partial charge in [0.1, 0.15) is 0 Å². The van der Waals surface area contributed by atoms with Crippen LogP contribution in [0.2, 0.25) is 0 Å². The molecule has 0 spiro atoms. The molecule has 1 radical (unpaired) electrons. The zero-order valence-corrected chi connectivity index (χ0v) is 29.1. The van der Waals surface area contributed by atoms with Gasteiger partial charge in [0.15, 0.2) is 0 Å². The third kappa shape index (κ3) is 6.78. The number of pyridine rings is 2. The molecule has 0 saturated carbocycles. The number of nitrogens with zero attached hydrogens (tertiary/aromatic N) is 2. The molecule has 0 fully saturated rings. The maximum Gasteiger partial charge on any atom is 0.0163 e. The minimum atomic E-state index is 0. The third-order valence-corrected chi connectivity index (χ3v) is 8.43. The van der Waals surface area contributed by atoms with Crippen molar-refractivity contribution in [3.8, 4) is 33.6 Å². The largest absolute Gasteiger partial charge is 0.305 e. The second-order valence-corrected chi connectivity index (χ2v) is 12.5. The summed E-state index contributed by atoms with van der Waals surface area (Å²) in [4.78, 5) is 8.99. The topological polar surface area (TPSA) is 25.8 Å². The van der Waals surface area contributed by atoms with Crippen molar-refractivity contribution in [1.82, 2.24) is 9.97 Å². The maximum absolute atomic E-state index is 4.64. The fraction of sp³-hybridized carbons (Fsp3) is 0.0909. The van der Waals surface area contributed by atoms with Crippen LogP contribution in [-0.2, 0) is 25.5 Å². The minimum absolute atomic E-state index is 0. The van der Waals surface area contributed by atoms with E-state index in [-0.39, 0.29) is 25.5 Å². The van der Waals surface area contributed by atoms with Gasteiger partial charge in [-0.2, -0.15) is 0 Å². The summed E-state index contributed by atoms with van der Waals surface area (Å²) in [6.45, 7) is 6.70. The predicted molar refractivity (Wildman–Crippen MR) is 194 cm³/mol. The van der Waals surface area contributed by atoms with Crippen LogP contribution < -0.4 is 0 Å². The Balaban J connectivity index is 0.000000176. The Kier molecular flexibility index (Phi) is 9.40. The van der Waals surface area contributed by atoms with Crippen LogP contribution in [0.15, 0.2) is 152 Å². The fourth-order valence-corrected chi connectivity index (χ4v) is 5.98. The van der Waals surface area contributed by atoms with Crippen LogP contribution >= 0.6 is 0 Å². The van der Waals surface area contributed by atoms with Gasteiger partial charge in [-0.1, -0.05) is 134 Å². The third-order valence-electron chi connectivity index (χ3n) is 8.43. The molecule has 3 heteroatoms. The van der Waals surface area contributed by atoms with Gasteiger partial charge in [0.2, 0.25) is 0 Å². The van der Waals surface area contributed by atoms with Gasteiger partial charge in [-0.3, -0.25) is 0 Å². The minimum Gasteiger partial charge on any atom is -0.305 e. The average molecular weight is 783 g/mol. The number of aromatic nitrogens is 2. The van der Waals surface area contributed by atoms with E-state index in [0.717, 1.165) is 22.5 Å². The van der Waals surface area contributed by atoms with E-state index < -0.39 is 0 Å². The molecule has 0 atom stereocenters. The Hall–Kier alpha value is -4.95. The Bertz CT molecular complexity index is 2200. The van der Waals surface area contributed by atoms with E-state index in [1.165, 1.54) is 49.0 Å². The average Bonchev–Trinajstić information content (AvgIpc) is 3.12. The monoisotopic (exact) mass is 783 g/mol. The molecular weight excluding hydrogens is 749 g/mol. The summed E-state index contributed by atoms with van der Waals surface area (Å²) in [5.41, 5.74) is 7.78. The Morgan fingerprint density at radius 1 is 0.468 bits per heavy atom. The van der Waals surface area contributed by atoms with Gasteiger partial charge in [0, 0.05) is 32.5 Å². The van der Waals surface area contributed by atoms with Gasteiger partial charge < -0.3 is 9.97 Å². The van der Waals surface area contributed by atoms with E-state index in [2.05, 4.69) is 140 Å². The van der Waals surface area contributed by atoms with Crippen LogP contribution in [0.1, 0.15) is 26.3 Å². The molecule has 0 amide bonds. The summed E-state index contributed by atoms with van der Waals surface area (Å²) < 4.78 is 0. The molecule has 231 valence electrons. The summed E-state index contributed by atoms with van der Waals surface area (Å²) in [5, 5.41) is 7.63. The zero-order chi connectivity index (χ0) is 31.5. The van der Waals surface area contributed by atoms with Crippen LogP contribution in [0, 0.1) is 12.1 Å². The van der Waals surface area contributed by atoms with Gasteiger partial charge in [-0.05, 0) is 56.2 Å². The second-order valence-electron chi connectivity index (χ2n) is 12.5. The molecule has 0 aliphatic carbocycles. The molecule has 0 unspecified atom stereocenters. The molecule has 2 heterocycles. The first-order valence-electron chi connectivity index (χ1n) is 15.7. The molecular formula is C44H34IrN2-2. The predicted octanol–water partition coefficient (Wildman–Crippen LogP) is 11.5. The molecule has 8 aromatic rings. The summed E-state index contributed by atoms with van der Waals surface area (Å²) in [7, 11) is 0. The van der Waals surface area contributed by atoms with Crippen molar-refractivity contribution >= 4 is 32.3 Å². The summed E-state index contributed by atoms with van der Waals surface area (Å²) in [6, 6.07) is 55.1. The Labute approximate surface area is 290 Å². The van der Waals surface area contributed by atoms with Crippen LogP contribution in [0.3, 0.4) is 0 Å².